The molecule has 0 aliphatic rings. The van der Waals surface area contributed by atoms with Gasteiger partial charge in [0.1, 0.15) is 0 Å². The Morgan fingerprint density at radius 1 is 1.30 bits per heavy atom. The number of hydrogen-bond acceptors (Lipinski definition) is 2. The van der Waals surface area contributed by atoms with Crippen molar-refractivity contribution in [3.05, 3.63) is 0 Å². The van der Waals surface area contributed by atoms with Crippen molar-refractivity contribution in [1.29, 1.82) is 0 Å². The molecule has 0 aromatic carbocycles. The Kier molecular flexibility index (Phi) is 3.11. The lowest BCUT2D eigenvalue weighted by atomic mass is 10.1. The van der Waals surface area contributed by atoms with Gasteiger partial charge in [0, 0.05) is 0 Å². The van der Waals surface area contributed by atoms with Gasteiger partial charge in [-0.25, -0.2) is 0 Å². The van der Waals surface area contributed by atoms with Crippen molar-refractivity contribution in [2.24, 2.45) is 0 Å². The molecule has 2 N–H and O–H groups in total. The second-order valence-electron chi connectivity index (χ2n) is 1.96. The minimum atomic E-state index is -4.71. The Labute approximate surface area is 56.3 Å². The third-order valence-corrected chi connectivity index (χ3v) is 1.12. The summed E-state index contributed by atoms with van der Waals surface area (Å²) in [6, 6.07) is 0. The van der Waals surface area contributed by atoms with Crippen LogP contribution in [0.25, 0.3) is 0 Å². The van der Waals surface area contributed by atoms with E-state index in [-0.39, 0.29) is 6.42 Å². The van der Waals surface area contributed by atoms with Crippen LogP contribution in [0.5, 0.6) is 0 Å². The summed E-state index contributed by atoms with van der Waals surface area (Å²) in [5, 5.41) is 16.8. The smallest absolute Gasteiger partial charge is 0.390 e. The number of alkyl halides is 3. The second kappa shape index (κ2) is 3.21. The highest BCUT2D eigenvalue weighted by Crippen LogP contribution is 2.23. The molecule has 0 saturated carbocycles. The van der Waals surface area contributed by atoms with Gasteiger partial charge in [-0.2, -0.15) is 13.2 Å². The molecule has 2 atom stereocenters. The first kappa shape index (κ1) is 9.71. The van der Waals surface area contributed by atoms with E-state index in [1.165, 1.54) is 6.92 Å². The maximum Gasteiger partial charge on any atom is 0.416 e. The average molecular weight is 158 g/mol. The highest BCUT2D eigenvalue weighted by molar-refractivity contribution is 4.72. The predicted molar refractivity (Wildman–Crippen MR) is 28.4 cm³/mol. The second-order valence-corrected chi connectivity index (χ2v) is 1.96. The molecule has 0 amide bonds. The lowest BCUT2D eigenvalue weighted by molar-refractivity contribution is -0.230. The van der Waals surface area contributed by atoms with Crippen LogP contribution in [-0.2, 0) is 0 Å². The molecule has 2 nitrogen and oxygen atoms in total. The summed E-state index contributed by atoms with van der Waals surface area (Å²) in [6.45, 7) is 1.36. The van der Waals surface area contributed by atoms with Gasteiger partial charge in [-0.15, -0.1) is 0 Å². The fourth-order valence-corrected chi connectivity index (χ4v) is 0.441. The quantitative estimate of drug-likeness (QED) is 0.620. The van der Waals surface area contributed by atoms with E-state index in [9.17, 15) is 13.2 Å². The summed E-state index contributed by atoms with van der Waals surface area (Å²) in [5.41, 5.74) is 0. The standard InChI is InChI=1S/C5H9F3O2/c1-2-3(9)4(10)5(6,7)8/h3-4,9-10H,2H2,1H3/t3-,4+/m1/s1. The summed E-state index contributed by atoms with van der Waals surface area (Å²) in [6.07, 6.45) is -9.15. The molecule has 0 bridgehead atoms. The number of aliphatic hydroxyl groups excluding tert-OH is 2. The zero-order valence-electron chi connectivity index (χ0n) is 5.39. The molecule has 0 spiro atoms. The topological polar surface area (TPSA) is 40.5 Å². The van der Waals surface area contributed by atoms with E-state index < -0.39 is 18.4 Å². The first-order valence-corrected chi connectivity index (χ1v) is 2.82. The van der Waals surface area contributed by atoms with Crippen LogP contribution < -0.4 is 0 Å². The molecule has 0 radical (unpaired) electrons. The van der Waals surface area contributed by atoms with Crippen LogP contribution in [0.3, 0.4) is 0 Å². The predicted octanol–water partition coefficient (Wildman–Crippen LogP) is 0.681. The van der Waals surface area contributed by atoms with Crippen LogP contribution in [0.2, 0.25) is 0 Å². The van der Waals surface area contributed by atoms with E-state index in [0.29, 0.717) is 0 Å². The van der Waals surface area contributed by atoms with E-state index in [2.05, 4.69) is 0 Å². The zero-order chi connectivity index (χ0) is 8.36. The molecule has 0 saturated heterocycles. The summed E-state index contributed by atoms with van der Waals surface area (Å²) in [4.78, 5) is 0. The maximum absolute atomic E-state index is 11.5. The number of rotatable bonds is 2. The average Bonchev–Trinajstić information content (AvgIpc) is 1.83. The summed E-state index contributed by atoms with van der Waals surface area (Å²) in [7, 11) is 0. The molecule has 62 valence electrons. The molecule has 0 unspecified atom stereocenters. The van der Waals surface area contributed by atoms with Crippen LogP contribution in [0, 0.1) is 0 Å². The molecule has 5 heteroatoms. The fraction of sp³-hybridized carbons (Fsp3) is 1.00. The third kappa shape index (κ3) is 2.53. The third-order valence-electron chi connectivity index (χ3n) is 1.12. The Balaban J connectivity index is 3.94. The largest absolute Gasteiger partial charge is 0.416 e. The molecule has 0 aromatic rings. The first-order valence-electron chi connectivity index (χ1n) is 2.82. The van der Waals surface area contributed by atoms with E-state index in [1.807, 2.05) is 0 Å². The van der Waals surface area contributed by atoms with Gasteiger partial charge in [0.25, 0.3) is 0 Å². The number of halogens is 3. The van der Waals surface area contributed by atoms with Crippen LogP contribution in [0.15, 0.2) is 0 Å². The summed E-state index contributed by atoms with van der Waals surface area (Å²) < 4.78 is 34.4. The number of hydrogen-bond donors (Lipinski definition) is 2. The van der Waals surface area contributed by atoms with E-state index in [0.717, 1.165) is 0 Å². The highest BCUT2D eigenvalue weighted by atomic mass is 19.4. The van der Waals surface area contributed by atoms with Crippen molar-refractivity contribution in [2.75, 3.05) is 0 Å². The molecule has 10 heavy (non-hydrogen) atoms. The highest BCUT2D eigenvalue weighted by Gasteiger charge is 2.42. The lowest BCUT2D eigenvalue weighted by Gasteiger charge is -2.18. The van der Waals surface area contributed by atoms with Gasteiger partial charge in [0.2, 0.25) is 0 Å². The van der Waals surface area contributed by atoms with E-state index in [1.54, 1.807) is 0 Å². The Hall–Kier alpha value is -0.290. The van der Waals surface area contributed by atoms with Crippen molar-refractivity contribution in [1.82, 2.24) is 0 Å². The molecule has 0 aliphatic heterocycles. The molecule has 0 fully saturated rings. The maximum atomic E-state index is 11.5. The molecular weight excluding hydrogens is 149 g/mol. The Morgan fingerprint density at radius 3 is 1.80 bits per heavy atom. The Bertz CT molecular complexity index is 102. The monoisotopic (exact) mass is 158 g/mol. The summed E-state index contributed by atoms with van der Waals surface area (Å²) >= 11 is 0. The molecule has 0 rings (SSSR count). The number of aliphatic hydroxyl groups is 2. The Morgan fingerprint density at radius 2 is 1.70 bits per heavy atom. The zero-order valence-corrected chi connectivity index (χ0v) is 5.39. The van der Waals surface area contributed by atoms with Gasteiger partial charge < -0.3 is 10.2 Å². The van der Waals surface area contributed by atoms with Crippen LogP contribution in [0.4, 0.5) is 13.2 Å². The lowest BCUT2D eigenvalue weighted by Crippen LogP contribution is -2.39. The first-order chi connectivity index (χ1) is 4.39. The SMILES string of the molecule is CC[C@@H](O)[C@H](O)C(F)(F)F. The molecule has 0 heterocycles. The van der Waals surface area contributed by atoms with Crippen LogP contribution in [-0.4, -0.2) is 28.6 Å². The van der Waals surface area contributed by atoms with E-state index in [4.69, 9.17) is 10.2 Å². The van der Waals surface area contributed by atoms with Gasteiger partial charge >= 0.3 is 6.18 Å². The van der Waals surface area contributed by atoms with Crippen molar-refractivity contribution in [3.8, 4) is 0 Å². The van der Waals surface area contributed by atoms with Gasteiger partial charge in [0.15, 0.2) is 6.10 Å². The van der Waals surface area contributed by atoms with Crippen LogP contribution in [0.1, 0.15) is 13.3 Å². The van der Waals surface area contributed by atoms with Gasteiger partial charge in [-0.1, -0.05) is 6.92 Å². The van der Waals surface area contributed by atoms with Crippen molar-refractivity contribution in [3.63, 3.8) is 0 Å². The van der Waals surface area contributed by atoms with Gasteiger partial charge in [-0.05, 0) is 6.42 Å². The van der Waals surface area contributed by atoms with Crippen molar-refractivity contribution >= 4 is 0 Å². The normalized spacial score (nSPS) is 18.6. The summed E-state index contributed by atoms with van der Waals surface area (Å²) in [5.74, 6) is 0. The van der Waals surface area contributed by atoms with Crippen LogP contribution >= 0.6 is 0 Å². The van der Waals surface area contributed by atoms with Crippen molar-refractivity contribution in [2.45, 2.75) is 31.7 Å². The molecule has 0 aliphatic carbocycles. The van der Waals surface area contributed by atoms with Gasteiger partial charge in [-0.3, -0.25) is 0 Å². The minimum Gasteiger partial charge on any atom is -0.390 e. The van der Waals surface area contributed by atoms with Gasteiger partial charge in [0.05, 0.1) is 6.10 Å². The van der Waals surface area contributed by atoms with Crippen molar-refractivity contribution < 1.29 is 23.4 Å². The molecule has 0 aromatic heterocycles. The van der Waals surface area contributed by atoms with E-state index >= 15 is 0 Å². The molecular formula is C5H9F3O2. The fourth-order valence-electron chi connectivity index (χ4n) is 0.441. The minimum absolute atomic E-state index is 0.110.